The summed E-state index contributed by atoms with van der Waals surface area (Å²) in [5, 5.41) is 12.7. The number of para-hydroxylation sites is 1. The molecule has 1 amide bonds. The number of nitrogens with zero attached hydrogens (tertiary/aromatic N) is 1. The number of nitrogens with one attached hydrogen (secondary N) is 1. The molecule has 0 unspecified atom stereocenters. The number of aryl methyl sites for hydroxylation is 2. The van der Waals surface area contributed by atoms with Gasteiger partial charge < -0.3 is 10.4 Å². The highest BCUT2D eigenvalue weighted by atomic mass is 16.3. The smallest absolute Gasteiger partial charge is 0.255 e. The van der Waals surface area contributed by atoms with Crippen LogP contribution in [0, 0.1) is 13.8 Å². The molecule has 1 aliphatic rings. The first kappa shape index (κ1) is 17.6. The van der Waals surface area contributed by atoms with E-state index in [9.17, 15) is 9.90 Å². The largest absolute Gasteiger partial charge is 0.393 e. The molecule has 1 heterocycles. The lowest BCUT2D eigenvalue weighted by molar-refractivity contribution is 0.0793. The van der Waals surface area contributed by atoms with Crippen LogP contribution in [-0.2, 0) is 6.54 Å². The van der Waals surface area contributed by atoms with Crippen LogP contribution in [-0.4, -0.2) is 35.1 Å². The summed E-state index contributed by atoms with van der Waals surface area (Å²) in [6.07, 6.45) is 1.46. The molecule has 2 N–H and O–H groups in total. The number of hydrogen-bond donors (Lipinski definition) is 2. The average Bonchev–Trinajstić information content (AvgIpc) is 2.60. The molecule has 4 nitrogen and oxygen atoms in total. The second kappa shape index (κ2) is 7.81. The van der Waals surface area contributed by atoms with Crippen molar-refractivity contribution >= 4 is 11.6 Å². The Bertz CT molecular complexity index is 749. The molecule has 3 rings (SSSR count). The van der Waals surface area contributed by atoms with Crippen molar-refractivity contribution in [3.63, 3.8) is 0 Å². The van der Waals surface area contributed by atoms with Gasteiger partial charge in [0.25, 0.3) is 5.91 Å². The van der Waals surface area contributed by atoms with Crippen molar-refractivity contribution in [3.05, 3.63) is 64.7 Å². The molecule has 0 spiro atoms. The maximum atomic E-state index is 12.7. The van der Waals surface area contributed by atoms with E-state index in [0.29, 0.717) is 0 Å². The van der Waals surface area contributed by atoms with Gasteiger partial charge in [-0.2, -0.15) is 0 Å². The third-order valence-electron chi connectivity index (χ3n) is 4.85. The summed E-state index contributed by atoms with van der Waals surface area (Å²) in [6.45, 7) is 6.52. The van der Waals surface area contributed by atoms with E-state index < -0.39 is 0 Å². The Morgan fingerprint density at radius 3 is 2.64 bits per heavy atom. The van der Waals surface area contributed by atoms with Gasteiger partial charge in [-0.1, -0.05) is 35.9 Å². The zero-order chi connectivity index (χ0) is 17.8. The first-order chi connectivity index (χ1) is 12.0. The highest BCUT2D eigenvalue weighted by molar-refractivity contribution is 6.05. The zero-order valence-corrected chi connectivity index (χ0v) is 15.0. The highest BCUT2D eigenvalue weighted by Gasteiger charge is 2.18. The first-order valence-electron chi connectivity index (χ1n) is 8.90. The molecular formula is C21H26N2O2. The van der Waals surface area contributed by atoms with E-state index in [4.69, 9.17) is 0 Å². The van der Waals surface area contributed by atoms with Crippen LogP contribution in [0.4, 0.5) is 5.69 Å². The van der Waals surface area contributed by atoms with Gasteiger partial charge in [0.1, 0.15) is 0 Å². The molecule has 2 aromatic rings. The number of benzene rings is 2. The second-order valence-corrected chi connectivity index (χ2v) is 6.94. The summed E-state index contributed by atoms with van der Waals surface area (Å²) < 4.78 is 0. The van der Waals surface area contributed by atoms with E-state index in [0.717, 1.165) is 60.4 Å². The minimum atomic E-state index is -0.171. The summed E-state index contributed by atoms with van der Waals surface area (Å²) in [4.78, 5) is 15.0. The van der Waals surface area contributed by atoms with Crippen LogP contribution in [0.15, 0.2) is 42.5 Å². The third kappa shape index (κ3) is 4.47. The van der Waals surface area contributed by atoms with Crippen LogP contribution in [0.25, 0.3) is 0 Å². The van der Waals surface area contributed by atoms with E-state index in [1.807, 2.05) is 50.2 Å². The van der Waals surface area contributed by atoms with Crippen molar-refractivity contribution in [1.29, 1.82) is 0 Å². The van der Waals surface area contributed by atoms with Gasteiger partial charge >= 0.3 is 0 Å². The van der Waals surface area contributed by atoms with Gasteiger partial charge in [0.15, 0.2) is 0 Å². The maximum Gasteiger partial charge on any atom is 0.255 e. The standard InChI is InChI=1S/C21H26N2O2/c1-15-7-8-16(2)19(13-15)21(25)22-20-6-4-3-5-17(20)14-23-11-9-18(24)10-12-23/h3-8,13,18,24H,9-12,14H2,1-2H3,(H,22,25). The summed E-state index contributed by atoms with van der Waals surface area (Å²) >= 11 is 0. The minimum absolute atomic E-state index is 0.0669. The molecule has 132 valence electrons. The van der Waals surface area contributed by atoms with Gasteiger partial charge in [-0.05, 0) is 49.9 Å². The summed E-state index contributed by atoms with van der Waals surface area (Å²) in [5.74, 6) is -0.0669. The molecule has 0 saturated carbocycles. The van der Waals surface area contributed by atoms with Crippen molar-refractivity contribution in [1.82, 2.24) is 4.90 Å². The predicted octanol–water partition coefficient (Wildman–Crippen LogP) is 3.51. The number of rotatable bonds is 4. The number of amides is 1. The van der Waals surface area contributed by atoms with E-state index in [2.05, 4.69) is 16.3 Å². The fourth-order valence-electron chi connectivity index (χ4n) is 3.27. The number of likely N-dealkylation sites (tertiary alicyclic amines) is 1. The van der Waals surface area contributed by atoms with E-state index in [-0.39, 0.29) is 12.0 Å². The molecule has 2 aromatic carbocycles. The highest BCUT2D eigenvalue weighted by Crippen LogP contribution is 2.21. The van der Waals surface area contributed by atoms with Crippen molar-refractivity contribution in [3.8, 4) is 0 Å². The van der Waals surface area contributed by atoms with Crippen LogP contribution in [0.1, 0.15) is 39.9 Å². The molecule has 0 radical (unpaired) electrons. The molecule has 1 aliphatic heterocycles. The number of hydrogen-bond acceptors (Lipinski definition) is 3. The van der Waals surface area contributed by atoms with Crippen LogP contribution >= 0.6 is 0 Å². The average molecular weight is 338 g/mol. The SMILES string of the molecule is Cc1ccc(C)c(C(=O)Nc2ccccc2CN2CCC(O)CC2)c1. The monoisotopic (exact) mass is 338 g/mol. The zero-order valence-electron chi connectivity index (χ0n) is 15.0. The molecule has 1 fully saturated rings. The second-order valence-electron chi connectivity index (χ2n) is 6.94. The van der Waals surface area contributed by atoms with E-state index >= 15 is 0 Å². The predicted molar refractivity (Wildman–Crippen MR) is 101 cm³/mol. The topological polar surface area (TPSA) is 52.6 Å². The molecule has 0 bridgehead atoms. The molecule has 0 atom stereocenters. The van der Waals surface area contributed by atoms with Gasteiger partial charge in [0.2, 0.25) is 0 Å². The van der Waals surface area contributed by atoms with Gasteiger partial charge in [0, 0.05) is 30.9 Å². The van der Waals surface area contributed by atoms with Crippen molar-refractivity contribution in [2.24, 2.45) is 0 Å². The van der Waals surface area contributed by atoms with Gasteiger partial charge in [0.05, 0.1) is 6.10 Å². The third-order valence-corrected chi connectivity index (χ3v) is 4.85. The van der Waals surface area contributed by atoms with Crippen molar-refractivity contribution < 1.29 is 9.90 Å². The summed E-state index contributed by atoms with van der Waals surface area (Å²) in [5.41, 5.74) is 4.74. The number of piperidine rings is 1. The fraction of sp³-hybridized carbons (Fsp3) is 0.381. The Labute approximate surface area is 149 Å². The lowest BCUT2D eigenvalue weighted by Crippen LogP contribution is -2.35. The Balaban J connectivity index is 1.74. The number of anilines is 1. The van der Waals surface area contributed by atoms with Gasteiger partial charge in [-0.15, -0.1) is 0 Å². The fourth-order valence-corrected chi connectivity index (χ4v) is 3.27. The number of aliphatic hydroxyl groups excluding tert-OH is 1. The van der Waals surface area contributed by atoms with Crippen molar-refractivity contribution in [2.75, 3.05) is 18.4 Å². The normalized spacial score (nSPS) is 16.0. The molecule has 4 heteroatoms. The minimum Gasteiger partial charge on any atom is -0.393 e. The van der Waals surface area contributed by atoms with Gasteiger partial charge in [-0.25, -0.2) is 0 Å². The first-order valence-corrected chi connectivity index (χ1v) is 8.90. The lowest BCUT2D eigenvalue weighted by Gasteiger charge is -2.30. The molecular weight excluding hydrogens is 312 g/mol. The number of carbonyl (C=O) groups excluding carboxylic acids is 1. The van der Waals surface area contributed by atoms with E-state index in [1.165, 1.54) is 0 Å². The van der Waals surface area contributed by atoms with Crippen LogP contribution in [0.5, 0.6) is 0 Å². The maximum absolute atomic E-state index is 12.7. The Morgan fingerprint density at radius 2 is 1.88 bits per heavy atom. The van der Waals surface area contributed by atoms with Crippen molar-refractivity contribution in [2.45, 2.75) is 39.3 Å². The summed E-state index contributed by atoms with van der Waals surface area (Å²) in [6, 6.07) is 13.9. The van der Waals surface area contributed by atoms with Crippen LogP contribution in [0.3, 0.4) is 0 Å². The Morgan fingerprint density at radius 1 is 1.16 bits per heavy atom. The Hall–Kier alpha value is -2.17. The number of aliphatic hydroxyl groups is 1. The van der Waals surface area contributed by atoms with Crippen LogP contribution < -0.4 is 5.32 Å². The molecule has 25 heavy (non-hydrogen) atoms. The Kier molecular flexibility index (Phi) is 5.51. The molecule has 1 saturated heterocycles. The quantitative estimate of drug-likeness (QED) is 0.897. The molecule has 0 aliphatic carbocycles. The number of carbonyl (C=O) groups is 1. The van der Waals surface area contributed by atoms with Crippen LogP contribution in [0.2, 0.25) is 0 Å². The van der Waals surface area contributed by atoms with Gasteiger partial charge in [-0.3, -0.25) is 9.69 Å². The molecule has 0 aromatic heterocycles. The van der Waals surface area contributed by atoms with E-state index in [1.54, 1.807) is 0 Å². The lowest BCUT2D eigenvalue weighted by atomic mass is 10.0. The summed E-state index contributed by atoms with van der Waals surface area (Å²) in [7, 11) is 0.